The molecular formula is C10H16. The first-order valence-electron chi connectivity index (χ1n) is 4.86. The lowest BCUT2D eigenvalue weighted by Crippen LogP contribution is -2.38. The van der Waals surface area contributed by atoms with Gasteiger partial charge in [0.25, 0.3) is 0 Å². The van der Waals surface area contributed by atoms with Crippen molar-refractivity contribution < 1.29 is 0 Å². The molecule has 0 saturated heterocycles. The maximum Gasteiger partial charge on any atom is -0.0329 e. The first kappa shape index (κ1) is 5.62. The largest absolute Gasteiger partial charge is 0.0622 e. The predicted octanol–water partition coefficient (Wildman–Crippen LogP) is 2.69. The molecule has 2 bridgehead atoms. The van der Waals surface area contributed by atoms with E-state index in [1.807, 2.05) is 0 Å². The van der Waals surface area contributed by atoms with E-state index in [0.29, 0.717) is 0 Å². The van der Waals surface area contributed by atoms with Crippen molar-refractivity contribution in [3.63, 3.8) is 0 Å². The summed E-state index contributed by atoms with van der Waals surface area (Å²) in [7, 11) is 0. The second-order valence-corrected chi connectivity index (χ2v) is 4.79. The Kier molecular flexibility index (Phi) is 0.898. The maximum atomic E-state index is 2.46. The van der Waals surface area contributed by atoms with Gasteiger partial charge in [-0.25, -0.2) is 0 Å². The van der Waals surface area contributed by atoms with Crippen LogP contribution in [0.15, 0.2) is 0 Å². The van der Waals surface area contributed by atoms with Crippen LogP contribution in [0.2, 0.25) is 0 Å². The van der Waals surface area contributed by atoms with Crippen molar-refractivity contribution in [3.05, 3.63) is 0 Å². The second-order valence-electron chi connectivity index (χ2n) is 4.79. The first-order chi connectivity index (χ1) is 4.86. The number of fused-ring (bicyclic) bond motifs is 5. The van der Waals surface area contributed by atoms with E-state index >= 15 is 0 Å². The molecule has 0 nitrogen and oxygen atoms in total. The molecule has 0 amide bonds. The minimum absolute atomic E-state index is 1.10. The third-order valence-corrected chi connectivity index (χ3v) is 4.46. The van der Waals surface area contributed by atoms with E-state index in [9.17, 15) is 0 Å². The number of hydrogen-bond donors (Lipinski definition) is 0. The Labute approximate surface area is 63.0 Å². The standard InChI is InChI=1S/C10H16/c1-6-4-9-7-2-3-8(5-7)10(6)9/h6-10H,2-5H2,1H3. The average molecular weight is 136 g/mol. The third-order valence-electron chi connectivity index (χ3n) is 4.46. The van der Waals surface area contributed by atoms with E-state index in [-0.39, 0.29) is 0 Å². The van der Waals surface area contributed by atoms with Crippen LogP contribution in [0.4, 0.5) is 0 Å². The van der Waals surface area contributed by atoms with Crippen molar-refractivity contribution in [1.82, 2.24) is 0 Å². The van der Waals surface area contributed by atoms with Gasteiger partial charge in [-0.2, -0.15) is 0 Å². The first-order valence-corrected chi connectivity index (χ1v) is 4.86. The summed E-state index contributed by atoms with van der Waals surface area (Å²) in [6.07, 6.45) is 6.35. The van der Waals surface area contributed by atoms with Crippen LogP contribution in [0.25, 0.3) is 0 Å². The van der Waals surface area contributed by atoms with Gasteiger partial charge >= 0.3 is 0 Å². The van der Waals surface area contributed by atoms with Crippen LogP contribution in [-0.4, -0.2) is 0 Å². The lowest BCUT2D eigenvalue weighted by Gasteiger charge is -2.46. The van der Waals surface area contributed by atoms with Crippen LogP contribution >= 0.6 is 0 Å². The topological polar surface area (TPSA) is 0 Å². The fraction of sp³-hybridized carbons (Fsp3) is 1.00. The summed E-state index contributed by atoms with van der Waals surface area (Å²) in [6, 6.07) is 0. The highest BCUT2D eigenvalue weighted by molar-refractivity contribution is 5.04. The molecule has 0 heteroatoms. The smallest absolute Gasteiger partial charge is 0.0329 e. The Balaban J connectivity index is 1.89. The summed E-state index contributed by atoms with van der Waals surface area (Å²) in [4.78, 5) is 0. The van der Waals surface area contributed by atoms with Crippen molar-refractivity contribution in [1.29, 1.82) is 0 Å². The molecule has 3 aliphatic rings. The second kappa shape index (κ2) is 1.60. The minimum atomic E-state index is 1.10. The van der Waals surface area contributed by atoms with Gasteiger partial charge in [0.15, 0.2) is 0 Å². The zero-order valence-corrected chi connectivity index (χ0v) is 6.72. The summed E-state index contributed by atoms with van der Waals surface area (Å²) in [5.74, 6) is 5.86. The van der Waals surface area contributed by atoms with Crippen molar-refractivity contribution in [2.45, 2.75) is 32.6 Å². The Morgan fingerprint density at radius 3 is 2.40 bits per heavy atom. The van der Waals surface area contributed by atoms with Crippen LogP contribution in [0.5, 0.6) is 0 Å². The number of hydrogen-bond acceptors (Lipinski definition) is 0. The van der Waals surface area contributed by atoms with Crippen molar-refractivity contribution in [2.24, 2.45) is 29.6 Å². The molecule has 3 saturated carbocycles. The quantitative estimate of drug-likeness (QED) is 0.480. The highest BCUT2D eigenvalue weighted by atomic mass is 14.6. The molecule has 3 rings (SSSR count). The van der Waals surface area contributed by atoms with Gasteiger partial charge in [-0.1, -0.05) is 6.92 Å². The van der Waals surface area contributed by atoms with Crippen LogP contribution < -0.4 is 0 Å². The van der Waals surface area contributed by atoms with Crippen molar-refractivity contribution in [3.8, 4) is 0 Å². The normalized spacial score (nSPS) is 63.9. The lowest BCUT2D eigenvalue weighted by atomic mass is 9.59. The molecule has 5 unspecified atom stereocenters. The van der Waals surface area contributed by atoms with E-state index in [2.05, 4.69) is 6.92 Å². The van der Waals surface area contributed by atoms with Crippen LogP contribution in [0.3, 0.4) is 0 Å². The average Bonchev–Trinajstić information content (AvgIpc) is 2.40. The molecule has 0 spiro atoms. The molecular weight excluding hydrogens is 120 g/mol. The third kappa shape index (κ3) is 0.466. The zero-order valence-electron chi connectivity index (χ0n) is 6.72. The highest BCUT2D eigenvalue weighted by Crippen LogP contribution is 2.63. The summed E-state index contributed by atoms with van der Waals surface area (Å²) < 4.78 is 0. The summed E-state index contributed by atoms with van der Waals surface area (Å²) >= 11 is 0. The molecule has 10 heavy (non-hydrogen) atoms. The fourth-order valence-corrected chi connectivity index (χ4v) is 4.08. The molecule has 3 fully saturated rings. The van der Waals surface area contributed by atoms with Gasteiger partial charge in [0.1, 0.15) is 0 Å². The van der Waals surface area contributed by atoms with E-state index in [0.717, 1.165) is 5.92 Å². The molecule has 0 N–H and O–H groups in total. The Bertz CT molecular complexity index is 159. The molecule has 5 atom stereocenters. The SMILES string of the molecule is CC1CC2C3CCC(C3)C12. The fourth-order valence-electron chi connectivity index (χ4n) is 4.08. The molecule has 0 heterocycles. The van der Waals surface area contributed by atoms with Crippen LogP contribution in [-0.2, 0) is 0 Å². The molecule has 0 aromatic carbocycles. The predicted molar refractivity (Wildman–Crippen MR) is 41.6 cm³/mol. The molecule has 0 aromatic rings. The molecule has 0 aromatic heterocycles. The Morgan fingerprint density at radius 2 is 1.80 bits per heavy atom. The molecule has 56 valence electrons. The van der Waals surface area contributed by atoms with Gasteiger partial charge in [0.05, 0.1) is 0 Å². The van der Waals surface area contributed by atoms with Gasteiger partial charge in [-0.3, -0.25) is 0 Å². The Hall–Kier alpha value is 0. The summed E-state index contributed by atoms with van der Waals surface area (Å²) in [5, 5.41) is 0. The number of rotatable bonds is 0. The molecule has 0 aliphatic heterocycles. The molecule has 0 radical (unpaired) electrons. The molecule has 3 aliphatic carbocycles. The van der Waals surface area contributed by atoms with E-state index < -0.39 is 0 Å². The van der Waals surface area contributed by atoms with Crippen molar-refractivity contribution >= 4 is 0 Å². The van der Waals surface area contributed by atoms with Crippen LogP contribution in [0.1, 0.15) is 32.6 Å². The highest BCUT2D eigenvalue weighted by Gasteiger charge is 2.55. The van der Waals surface area contributed by atoms with Gasteiger partial charge in [-0.15, -0.1) is 0 Å². The Morgan fingerprint density at radius 1 is 1.00 bits per heavy atom. The lowest BCUT2D eigenvalue weighted by molar-refractivity contribution is 0.0317. The van der Waals surface area contributed by atoms with Crippen LogP contribution in [0, 0.1) is 29.6 Å². The van der Waals surface area contributed by atoms with E-state index in [4.69, 9.17) is 0 Å². The van der Waals surface area contributed by atoms with E-state index in [1.165, 1.54) is 23.7 Å². The van der Waals surface area contributed by atoms with Gasteiger partial charge in [0.2, 0.25) is 0 Å². The van der Waals surface area contributed by atoms with E-state index in [1.54, 1.807) is 25.7 Å². The zero-order chi connectivity index (χ0) is 6.72. The summed E-state index contributed by atoms with van der Waals surface area (Å²) in [6.45, 7) is 2.46. The van der Waals surface area contributed by atoms with Gasteiger partial charge in [-0.05, 0) is 55.3 Å². The van der Waals surface area contributed by atoms with Gasteiger partial charge in [0, 0.05) is 0 Å². The minimum Gasteiger partial charge on any atom is -0.0622 e. The monoisotopic (exact) mass is 136 g/mol. The maximum absolute atomic E-state index is 2.46. The summed E-state index contributed by atoms with van der Waals surface area (Å²) in [5.41, 5.74) is 0. The van der Waals surface area contributed by atoms with Crippen molar-refractivity contribution in [2.75, 3.05) is 0 Å². The van der Waals surface area contributed by atoms with Gasteiger partial charge < -0.3 is 0 Å².